The molecule has 0 aliphatic rings. The van der Waals surface area contributed by atoms with Gasteiger partial charge in [-0.05, 0) is 18.9 Å². The minimum Gasteiger partial charge on any atom is -0.330 e. The van der Waals surface area contributed by atoms with E-state index in [1.54, 1.807) is 0 Å². The highest BCUT2D eigenvalue weighted by Gasteiger charge is 1.95. The highest BCUT2D eigenvalue weighted by molar-refractivity contribution is 4.90. The van der Waals surface area contributed by atoms with Crippen LogP contribution in [0.4, 0.5) is 0 Å². The van der Waals surface area contributed by atoms with E-state index in [1.807, 2.05) is 18.2 Å². The van der Waals surface area contributed by atoms with Crippen LogP contribution in [0.15, 0.2) is 24.8 Å². The standard InChI is InChI=1S/C8H16N2/c1-2-8(7-10)5-3-4-6-9/h2-4,8H,1,5-7,9-10H2/b4-3+/t8-/m1/s1. The van der Waals surface area contributed by atoms with Gasteiger partial charge in [-0.3, -0.25) is 0 Å². The van der Waals surface area contributed by atoms with Crippen LogP contribution in [-0.2, 0) is 0 Å². The van der Waals surface area contributed by atoms with E-state index in [9.17, 15) is 0 Å². The van der Waals surface area contributed by atoms with Crippen molar-refractivity contribution in [3.63, 3.8) is 0 Å². The van der Waals surface area contributed by atoms with Crippen molar-refractivity contribution in [3.8, 4) is 0 Å². The van der Waals surface area contributed by atoms with E-state index in [1.165, 1.54) is 0 Å². The van der Waals surface area contributed by atoms with Crippen LogP contribution < -0.4 is 11.5 Å². The first-order valence-corrected chi connectivity index (χ1v) is 3.52. The molecule has 0 bridgehead atoms. The smallest absolute Gasteiger partial charge is 0.0106 e. The molecule has 2 nitrogen and oxygen atoms in total. The van der Waals surface area contributed by atoms with Crippen molar-refractivity contribution in [2.24, 2.45) is 17.4 Å². The average Bonchev–Trinajstić information content (AvgIpc) is 1.99. The van der Waals surface area contributed by atoms with Crippen LogP contribution in [0.2, 0.25) is 0 Å². The van der Waals surface area contributed by atoms with Crippen molar-refractivity contribution < 1.29 is 0 Å². The van der Waals surface area contributed by atoms with Gasteiger partial charge in [0, 0.05) is 6.54 Å². The van der Waals surface area contributed by atoms with Gasteiger partial charge in [0.25, 0.3) is 0 Å². The van der Waals surface area contributed by atoms with Crippen molar-refractivity contribution in [3.05, 3.63) is 24.8 Å². The fraction of sp³-hybridized carbons (Fsp3) is 0.500. The Hall–Kier alpha value is -0.600. The normalized spacial score (nSPS) is 13.8. The monoisotopic (exact) mass is 140 g/mol. The van der Waals surface area contributed by atoms with Crippen LogP contribution in [0.5, 0.6) is 0 Å². The molecule has 0 aromatic carbocycles. The molecule has 0 amide bonds. The maximum Gasteiger partial charge on any atom is 0.0106 e. The third-order valence-corrected chi connectivity index (χ3v) is 1.38. The van der Waals surface area contributed by atoms with Crippen LogP contribution in [0.25, 0.3) is 0 Å². The van der Waals surface area contributed by atoms with E-state index in [0.29, 0.717) is 19.0 Å². The van der Waals surface area contributed by atoms with Gasteiger partial charge in [0.05, 0.1) is 0 Å². The lowest BCUT2D eigenvalue weighted by molar-refractivity contribution is 0.676. The Bertz CT molecular complexity index is 108. The molecule has 1 atom stereocenters. The zero-order chi connectivity index (χ0) is 7.82. The first-order valence-electron chi connectivity index (χ1n) is 3.52. The predicted molar refractivity (Wildman–Crippen MR) is 45.6 cm³/mol. The molecule has 2 heteroatoms. The Labute approximate surface area is 62.6 Å². The zero-order valence-corrected chi connectivity index (χ0v) is 6.29. The van der Waals surface area contributed by atoms with Crippen molar-refractivity contribution in [1.29, 1.82) is 0 Å². The molecule has 4 N–H and O–H groups in total. The first kappa shape index (κ1) is 9.40. The number of nitrogens with two attached hydrogens (primary N) is 2. The van der Waals surface area contributed by atoms with E-state index in [4.69, 9.17) is 11.5 Å². The molecule has 0 aliphatic heterocycles. The summed E-state index contributed by atoms with van der Waals surface area (Å²) in [7, 11) is 0. The molecule has 10 heavy (non-hydrogen) atoms. The van der Waals surface area contributed by atoms with E-state index in [2.05, 4.69) is 6.58 Å². The number of hydrogen-bond donors (Lipinski definition) is 2. The van der Waals surface area contributed by atoms with Crippen LogP contribution in [0.1, 0.15) is 6.42 Å². The molecule has 0 aliphatic carbocycles. The lowest BCUT2D eigenvalue weighted by Gasteiger charge is -2.03. The molecular formula is C8H16N2. The fourth-order valence-corrected chi connectivity index (χ4v) is 0.656. The summed E-state index contributed by atoms with van der Waals surface area (Å²) in [5, 5.41) is 0. The van der Waals surface area contributed by atoms with Crippen molar-refractivity contribution in [1.82, 2.24) is 0 Å². The highest BCUT2D eigenvalue weighted by Crippen LogP contribution is 2.01. The number of rotatable bonds is 5. The summed E-state index contributed by atoms with van der Waals surface area (Å²) in [4.78, 5) is 0. The Morgan fingerprint density at radius 2 is 2.00 bits per heavy atom. The maximum atomic E-state index is 5.43. The van der Waals surface area contributed by atoms with E-state index in [0.717, 1.165) is 6.42 Å². The Balaban J connectivity index is 3.43. The van der Waals surface area contributed by atoms with Gasteiger partial charge >= 0.3 is 0 Å². The van der Waals surface area contributed by atoms with Gasteiger partial charge in [-0.1, -0.05) is 18.2 Å². The zero-order valence-electron chi connectivity index (χ0n) is 6.29. The molecule has 0 fully saturated rings. The second-order valence-corrected chi connectivity index (χ2v) is 2.17. The van der Waals surface area contributed by atoms with Gasteiger partial charge in [-0.25, -0.2) is 0 Å². The third kappa shape index (κ3) is 4.30. The van der Waals surface area contributed by atoms with Crippen molar-refractivity contribution in [2.45, 2.75) is 6.42 Å². The van der Waals surface area contributed by atoms with Gasteiger partial charge in [0.1, 0.15) is 0 Å². The van der Waals surface area contributed by atoms with Crippen LogP contribution >= 0.6 is 0 Å². The highest BCUT2D eigenvalue weighted by atomic mass is 14.5. The van der Waals surface area contributed by atoms with Gasteiger partial charge in [-0.15, -0.1) is 6.58 Å². The number of hydrogen-bond acceptors (Lipinski definition) is 2. The summed E-state index contributed by atoms with van der Waals surface area (Å²) in [6, 6.07) is 0. The molecule has 0 rings (SSSR count). The summed E-state index contributed by atoms with van der Waals surface area (Å²) in [5.74, 6) is 0.405. The molecule has 0 spiro atoms. The van der Waals surface area contributed by atoms with E-state index >= 15 is 0 Å². The summed E-state index contributed by atoms with van der Waals surface area (Å²) >= 11 is 0. The molecule has 0 aromatic rings. The molecule has 0 saturated carbocycles. The lowest BCUT2D eigenvalue weighted by Crippen LogP contribution is -2.10. The molecule has 58 valence electrons. The maximum absolute atomic E-state index is 5.43. The topological polar surface area (TPSA) is 52.0 Å². The fourth-order valence-electron chi connectivity index (χ4n) is 0.656. The Morgan fingerprint density at radius 3 is 2.40 bits per heavy atom. The number of allylic oxidation sites excluding steroid dienone is 1. The minimum absolute atomic E-state index is 0.405. The minimum atomic E-state index is 0.405. The lowest BCUT2D eigenvalue weighted by atomic mass is 10.1. The van der Waals surface area contributed by atoms with Crippen LogP contribution in [-0.4, -0.2) is 13.1 Å². The third-order valence-electron chi connectivity index (χ3n) is 1.38. The van der Waals surface area contributed by atoms with Crippen molar-refractivity contribution in [2.75, 3.05) is 13.1 Å². The van der Waals surface area contributed by atoms with Crippen LogP contribution in [0, 0.1) is 5.92 Å². The van der Waals surface area contributed by atoms with Crippen molar-refractivity contribution >= 4 is 0 Å². The Morgan fingerprint density at radius 1 is 1.30 bits per heavy atom. The predicted octanol–water partition coefficient (Wildman–Crippen LogP) is 0.652. The van der Waals surface area contributed by atoms with E-state index < -0.39 is 0 Å². The second-order valence-electron chi connectivity index (χ2n) is 2.17. The van der Waals surface area contributed by atoms with Gasteiger partial charge < -0.3 is 11.5 Å². The molecule has 0 aromatic heterocycles. The molecule has 0 unspecified atom stereocenters. The molecule has 0 radical (unpaired) electrons. The molecule has 0 heterocycles. The van der Waals surface area contributed by atoms with Gasteiger partial charge in [-0.2, -0.15) is 0 Å². The first-order chi connectivity index (χ1) is 4.85. The summed E-state index contributed by atoms with van der Waals surface area (Å²) in [5.41, 5.74) is 10.7. The van der Waals surface area contributed by atoms with Gasteiger partial charge in [0.15, 0.2) is 0 Å². The second kappa shape index (κ2) is 6.52. The summed E-state index contributed by atoms with van der Waals surface area (Å²) in [6.45, 7) is 4.94. The van der Waals surface area contributed by atoms with Gasteiger partial charge in [0.2, 0.25) is 0 Å². The molecule has 0 saturated heterocycles. The Kier molecular flexibility index (Phi) is 6.13. The summed E-state index contributed by atoms with van der Waals surface area (Å²) < 4.78 is 0. The SMILES string of the molecule is C=C[C@@H](CN)C/C=C/CN. The average molecular weight is 140 g/mol. The quantitative estimate of drug-likeness (QED) is 0.551. The molecular weight excluding hydrogens is 124 g/mol. The summed E-state index contributed by atoms with van der Waals surface area (Å²) in [6.07, 6.45) is 6.81. The largest absolute Gasteiger partial charge is 0.330 e. The van der Waals surface area contributed by atoms with Crippen LogP contribution in [0.3, 0.4) is 0 Å². The van der Waals surface area contributed by atoms with E-state index in [-0.39, 0.29) is 0 Å².